The van der Waals surface area contributed by atoms with E-state index in [1.807, 2.05) is 0 Å². The SMILES string of the molecule is CC(=NNc1ccc([N+](=O)[O-])cc1)c1ccco1. The van der Waals surface area contributed by atoms with Crippen LogP contribution in [0.1, 0.15) is 12.7 Å². The van der Waals surface area contributed by atoms with Crippen molar-refractivity contribution in [2.75, 3.05) is 5.43 Å². The van der Waals surface area contributed by atoms with Crippen molar-refractivity contribution in [3.63, 3.8) is 0 Å². The van der Waals surface area contributed by atoms with Gasteiger partial charge in [-0.3, -0.25) is 15.5 Å². The molecule has 2 rings (SSSR count). The molecule has 0 unspecified atom stereocenters. The molecule has 2 aromatic rings. The van der Waals surface area contributed by atoms with Gasteiger partial charge in [-0.15, -0.1) is 0 Å². The molecule has 0 spiro atoms. The van der Waals surface area contributed by atoms with Crippen molar-refractivity contribution in [1.82, 2.24) is 0 Å². The van der Waals surface area contributed by atoms with E-state index >= 15 is 0 Å². The lowest BCUT2D eigenvalue weighted by molar-refractivity contribution is -0.384. The van der Waals surface area contributed by atoms with Gasteiger partial charge in [-0.05, 0) is 31.2 Å². The van der Waals surface area contributed by atoms with Crippen molar-refractivity contribution < 1.29 is 9.34 Å². The van der Waals surface area contributed by atoms with E-state index in [1.54, 1.807) is 37.5 Å². The predicted molar refractivity (Wildman–Crippen MR) is 67.6 cm³/mol. The number of hydrogen-bond donors (Lipinski definition) is 1. The lowest BCUT2D eigenvalue weighted by Gasteiger charge is -2.01. The first-order chi connectivity index (χ1) is 8.66. The second-order valence-corrected chi connectivity index (χ2v) is 3.59. The molecule has 18 heavy (non-hydrogen) atoms. The molecular weight excluding hydrogens is 234 g/mol. The molecule has 6 heteroatoms. The van der Waals surface area contributed by atoms with Gasteiger partial charge in [-0.25, -0.2) is 0 Å². The number of hydrogen-bond acceptors (Lipinski definition) is 5. The summed E-state index contributed by atoms with van der Waals surface area (Å²) in [5.74, 6) is 0.671. The van der Waals surface area contributed by atoms with Gasteiger partial charge >= 0.3 is 0 Å². The van der Waals surface area contributed by atoms with Crippen LogP contribution in [0, 0.1) is 10.1 Å². The third-order valence-corrected chi connectivity index (χ3v) is 2.31. The first kappa shape index (κ1) is 11.8. The van der Waals surface area contributed by atoms with Crippen molar-refractivity contribution in [2.24, 2.45) is 5.10 Å². The number of nitro groups is 1. The second kappa shape index (κ2) is 5.13. The van der Waals surface area contributed by atoms with Crippen molar-refractivity contribution in [3.05, 3.63) is 58.5 Å². The average molecular weight is 245 g/mol. The fraction of sp³-hybridized carbons (Fsp3) is 0.0833. The van der Waals surface area contributed by atoms with Gasteiger partial charge in [0.15, 0.2) is 0 Å². The maximum absolute atomic E-state index is 10.5. The fourth-order valence-corrected chi connectivity index (χ4v) is 1.35. The van der Waals surface area contributed by atoms with Gasteiger partial charge in [0.2, 0.25) is 0 Å². The standard InChI is InChI=1S/C12H11N3O3/c1-9(12-3-2-8-18-12)13-14-10-4-6-11(7-5-10)15(16)17/h2-8,14H,1H3. The van der Waals surface area contributed by atoms with Crippen LogP contribution in [0.2, 0.25) is 0 Å². The molecule has 0 radical (unpaired) electrons. The quantitative estimate of drug-likeness (QED) is 0.510. The van der Waals surface area contributed by atoms with Crippen molar-refractivity contribution in [1.29, 1.82) is 0 Å². The Morgan fingerprint density at radius 2 is 2.06 bits per heavy atom. The average Bonchev–Trinajstić information content (AvgIpc) is 2.90. The highest BCUT2D eigenvalue weighted by Gasteiger charge is 2.03. The summed E-state index contributed by atoms with van der Waals surface area (Å²) in [6.45, 7) is 1.80. The summed E-state index contributed by atoms with van der Waals surface area (Å²) in [5.41, 5.74) is 4.22. The zero-order valence-electron chi connectivity index (χ0n) is 9.66. The van der Waals surface area contributed by atoms with E-state index in [4.69, 9.17) is 4.42 Å². The summed E-state index contributed by atoms with van der Waals surface area (Å²) in [6, 6.07) is 9.60. The highest BCUT2D eigenvalue weighted by Crippen LogP contribution is 2.15. The molecule has 0 fully saturated rings. The minimum absolute atomic E-state index is 0.0484. The summed E-state index contributed by atoms with van der Waals surface area (Å²) < 4.78 is 5.17. The van der Waals surface area contributed by atoms with Crippen molar-refractivity contribution in [3.8, 4) is 0 Å². The van der Waals surface area contributed by atoms with E-state index in [1.165, 1.54) is 12.1 Å². The Labute approximate surface area is 103 Å². The van der Waals surface area contributed by atoms with E-state index in [9.17, 15) is 10.1 Å². The van der Waals surface area contributed by atoms with Gasteiger partial charge in [-0.2, -0.15) is 5.10 Å². The molecule has 0 saturated heterocycles. The number of nitrogens with zero attached hydrogens (tertiary/aromatic N) is 2. The lowest BCUT2D eigenvalue weighted by Crippen LogP contribution is -1.98. The van der Waals surface area contributed by atoms with Crippen LogP contribution in [0.4, 0.5) is 11.4 Å². The summed E-state index contributed by atoms with van der Waals surface area (Å²) in [7, 11) is 0. The van der Waals surface area contributed by atoms with Crippen molar-refractivity contribution in [2.45, 2.75) is 6.92 Å². The Bertz CT molecular complexity index is 559. The number of furan rings is 1. The van der Waals surface area contributed by atoms with Crippen LogP contribution in [0.25, 0.3) is 0 Å². The largest absolute Gasteiger partial charge is 0.463 e. The summed E-state index contributed by atoms with van der Waals surface area (Å²) in [4.78, 5) is 10.0. The van der Waals surface area contributed by atoms with Gasteiger partial charge in [0.1, 0.15) is 11.5 Å². The second-order valence-electron chi connectivity index (χ2n) is 3.59. The van der Waals surface area contributed by atoms with E-state index < -0.39 is 4.92 Å². The molecule has 6 nitrogen and oxygen atoms in total. The highest BCUT2D eigenvalue weighted by atomic mass is 16.6. The van der Waals surface area contributed by atoms with Gasteiger partial charge in [-0.1, -0.05) is 0 Å². The number of rotatable bonds is 4. The van der Waals surface area contributed by atoms with E-state index in [0.29, 0.717) is 17.2 Å². The number of nitrogens with one attached hydrogen (secondary N) is 1. The number of anilines is 1. The lowest BCUT2D eigenvalue weighted by atomic mass is 10.3. The zero-order valence-corrected chi connectivity index (χ0v) is 9.66. The van der Waals surface area contributed by atoms with E-state index in [-0.39, 0.29) is 5.69 Å². The molecule has 1 aromatic heterocycles. The van der Waals surface area contributed by atoms with Crippen LogP contribution in [0.5, 0.6) is 0 Å². The van der Waals surface area contributed by atoms with E-state index in [0.717, 1.165) is 0 Å². The Morgan fingerprint density at radius 3 is 2.61 bits per heavy atom. The molecule has 1 N–H and O–H groups in total. The van der Waals surface area contributed by atoms with Gasteiger partial charge in [0, 0.05) is 12.1 Å². The van der Waals surface area contributed by atoms with Crippen molar-refractivity contribution >= 4 is 17.1 Å². The highest BCUT2D eigenvalue weighted by molar-refractivity contribution is 5.96. The maximum atomic E-state index is 10.5. The van der Waals surface area contributed by atoms with E-state index in [2.05, 4.69) is 10.5 Å². The normalized spacial score (nSPS) is 11.3. The molecule has 0 amide bonds. The Hall–Kier alpha value is -2.63. The van der Waals surface area contributed by atoms with Gasteiger partial charge in [0.05, 0.1) is 16.9 Å². The number of benzene rings is 1. The molecule has 92 valence electrons. The van der Waals surface area contributed by atoms with Crippen LogP contribution in [0.3, 0.4) is 0 Å². The molecule has 0 bridgehead atoms. The van der Waals surface area contributed by atoms with Gasteiger partial charge in [0.25, 0.3) is 5.69 Å². The minimum atomic E-state index is -0.443. The number of nitro benzene ring substituents is 1. The first-order valence-electron chi connectivity index (χ1n) is 5.25. The third-order valence-electron chi connectivity index (χ3n) is 2.31. The van der Waals surface area contributed by atoms with Crippen LogP contribution in [-0.2, 0) is 0 Å². The first-order valence-corrected chi connectivity index (χ1v) is 5.25. The Balaban J connectivity index is 2.06. The Morgan fingerprint density at radius 1 is 1.33 bits per heavy atom. The molecule has 0 aliphatic carbocycles. The molecule has 0 saturated carbocycles. The van der Waals surface area contributed by atoms with Crippen LogP contribution in [0.15, 0.2) is 52.2 Å². The number of non-ortho nitro benzene ring substituents is 1. The molecule has 1 heterocycles. The topological polar surface area (TPSA) is 80.7 Å². The minimum Gasteiger partial charge on any atom is -0.463 e. The maximum Gasteiger partial charge on any atom is 0.269 e. The molecular formula is C12H11N3O3. The summed E-state index contributed by atoms with van der Waals surface area (Å²) in [6.07, 6.45) is 1.57. The van der Waals surface area contributed by atoms with Crippen LogP contribution in [-0.4, -0.2) is 10.6 Å². The predicted octanol–water partition coefficient (Wildman–Crippen LogP) is 3.02. The summed E-state index contributed by atoms with van der Waals surface area (Å²) in [5, 5.41) is 14.6. The zero-order chi connectivity index (χ0) is 13.0. The molecule has 0 atom stereocenters. The molecule has 0 aliphatic rings. The monoisotopic (exact) mass is 245 g/mol. The van der Waals surface area contributed by atoms with Gasteiger partial charge < -0.3 is 4.42 Å². The molecule has 1 aromatic carbocycles. The summed E-state index contributed by atoms with van der Waals surface area (Å²) >= 11 is 0. The van der Waals surface area contributed by atoms with Crippen LogP contribution < -0.4 is 5.43 Å². The van der Waals surface area contributed by atoms with Crippen LogP contribution >= 0.6 is 0 Å². The smallest absolute Gasteiger partial charge is 0.269 e. The molecule has 0 aliphatic heterocycles. The number of hydrazone groups is 1. The fourth-order valence-electron chi connectivity index (χ4n) is 1.35. The Kier molecular flexibility index (Phi) is 3.38. The third kappa shape index (κ3) is 2.73.